The van der Waals surface area contributed by atoms with Crippen LogP contribution in [0.2, 0.25) is 0 Å². The molecule has 2 saturated heterocycles. The third-order valence-corrected chi connectivity index (χ3v) is 5.30. The van der Waals surface area contributed by atoms with Crippen LogP contribution in [0.1, 0.15) is 44.9 Å². The Morgan fingerprint density at radius 3 is 2.38 bits per heavy atom. The molecule has 21 heavy (non-hydrogen) atoms. The van der Waals surface area contributed by atoms with Gasteiger partial charge in [0, 0.05) is 25.6 Å². The minimum Gasteiger partial charge on any atom is -0.480 e. The second-order valence-corrected chi connectivity index (χ2v) is 6.63. The Labute approximate surface area is 124 Å². The largest absolute Gasteiger partial charge is 0.480 e. The number of carboxylic acids is 1. The zero-order chi connectivity index (χ0) is 15.0. The van der Waals surface area contributed by atoms with Crippen molar-refractivity contribution < 1.29 is 19.8 Å². The number of amides is 2. The first-order chi connectivity index (χ1) is 10.1. The molecule has 1 saturated carbocycles. The number of carboxylic acid groups (broad SMARTS) is 1. The Morgan fingerprint density at radius 2 is 1.71 bits per heavy atom. The first-order valence-electron chi connectivity index (χ1n) is 8.06. The van der Waals surface area contributed by atoms with Crippen LogP contribution in [0, 0.1) is 5.92 Å². The highest BCUT2D eigenvalue weighted by Crippen LogP contribution is 2.36. The molecule has 6 heteroatoms. The number of hydrogen-bond acceptors (Lipinski definition) is 3. The number of aliphatic carboxylic acids is 1. The molecule has 3 aliphatic rings. The van der Waals surface area contributed by atoms with E-state index in [1.165, 1.54) is 30.6 Å². The van der Waals surface area contributed by atoms with Crippen molar-refractivity contribution >= 4 is 12.0 Å². The van der Waals surface area contributed by atoms with Gasteiger partial charge < -0.3 is 20.0 Å². The van der Waals surface area contributed by atoms with Gasteiger partial charge >= 0.3 is 12.0 Å². The Morgan fingerprint density at radius 1 is 1.00 bits per heavy atom. The van der Waals surface area contributed by atoms with Crippen LogP contribution in [0.5, 0.6) is 0 Å². The summed E-state index contributed by atoms with van der Waals surface area (Å²) in [4.78, 5) is 27.3. The highest BCUT2D eigenvalue weighted by atomic mass is 16.4. The molecule has 3 atom stereocenters. The number of nitrogens with zero attached hydrogens (tertiary/aromatic N) is 2. The van der Waals surface area contributed by atoms with Crippen molar-refractivity contribution in [2.45, 2.75) is 63.1 Å². The van der Waals surface area contributed by atoms with Crippen LogP contribution in [0.15, 0.2) is 0 Å². The van der Waals surface area contributed by atoms with Crippen molar-refractivity contribution in [3.05, 3.63) is 0 Å². The molecule has 3 rings (SSSR count). The van der Waals surface area contributed by atoms with Crippen LogP contribution in [0.25, 0.3) is 0 Å². The van der Waals surface area contributed by atoms with E-state index < -0.39 is 18.1 Å². The topological polar surface area (TPSA) is 81.1 Å². The maximum absolute atomic E-state index is 12.8. The standard InChI is InChI=1S/C15H24N2O4/c18-11-8-13(14(19)20)17(9-11)15(21)16-7-3-6-12(16)10-4-1-2-5-10/h10-13,18H,1-9H2,(H,19,20)/t11-,12?,13-/m0/s1. The van der Waals surface area contributed by atoms with Gasteiger partial charge in [0.2, 0.25) is 0 Å². The molecule has 0 aromatic heterocycles. The van der Waals surface area contributed by atoms with E-state index >= 15 is 0 Å². The molecule has 0 bridgehead atoms. The molecule has 3 fully saturated rings. The Hall–Kier alpha value is -1.30. The van der Waals surface area contributed by atoms with E-state index in [-0.39, 0.29) is 25.0 Å². The fourth-order valence-corrected chi connectivity index (χ4v) is 4.29. The molecule has 0 aromatic carbocycles. The van der Waals surface area contributed by atoms with Gasteiger partial charge in [0.15, 0.2) is 0 Å². The lowest BCUT2D eigenvalue weighted by atomic mass is 9.96. The molecule has 118 valence electrons. The van der Waals surface area contributed by atoms with Crippen LogP contribution < -0.4 is 0 Å². The van der Waals surface area contributed by atoms with E-state index in [2.05, 4.69) is 0 Å². The van der Waals surface area contributed by atoms with Gasteiger partial charge in [0.25, 0.3) is 0 Å². The van der Waals surface area contributed by atoms with E-state index in [0.29, 0.717) is 5.92 Å². The van der Waals surface area contributed by atoms with Gasteiger partial charge in [0.05, 0.1) is 6.10 Å². The number of carbonyl (C=O) groups is 2. The molecule has 2 N–H and O–H groups in total. The molecule has 0 aromatic rings. The lowest BCUT2D eigenvalue weighted by Crippen LogP contribution is -2.51. The predicted octanol–water partition coefficient (Wildman–Crippen LogP) is 1.28. The molecular formula is C15H24N2O4. The van der Waals surface area contributed by atoms with E-state index in [4.69, 9.17) is 0 Å². The lowest BCUT2D eigenvalue weighted by Gasteiger charge is -2.34. The van der Waals surface area contributed by atoms with Crippen molar-refractivity contribution in [3.63, 3.8) is 0 Å². The summed E-state index contributed by atoms with van der Waals surface area (Å²) in [5.41, 5.74) is 0. The molecule has 2 heterocycles. The molecule has 6 nitrogen and oxygen atoms in total. The van der Waals surface area contributed by atoms with E-state index in [0.717, 1.165) is 19.4 Å². The first kappa shape index (κ1) is 14.6. The van der Waals surface area contributed by atoms with Crippen molar-refractivity contribution in [1.29, 1.82) is 0 Å². The van der Waals surface area contributed by atoms with Crippen LogP contribution in [0.3, 0.4) is 0 Å². The minimum absolute atomic E-state index is 0.142. The lowest BCUT2D eigenvalue weighted by molar-refractivity contribution is -0.141. The molecule has 1 unspecified atom stereocenters. The molecule has 0 spiro atoms. The summed E-state index contributed by atoms with van der Waals surface area (Å²) >= 11 is 0. The molecule has 1 aliphatic carbocycles. The first-order valence-corrected chi connectivity index (χ1v) is 8.06. The summed E-state index contributed by atoms with van der Waals surface area (Å²) in [6, 6.07) is -0.794. The fraction of sp³-hybridized carbons (Fsp3) is 0.867. The van der Waals surface area contributed by atoms with E-state index in [1.807, 2.05) is 4.90 Å². The maximum atomic E-state index is 12.8. The van der Waals surface area contributed by atoms with Crippen LogP contribution in [-0.2, 0) is 4.79 Å². The number of rotatable bonds is 2. The van der Waals surface area contributed by atoms with Crippen molar-refractivity contribution in [3.8, 4) is 0 Å². The Bertz CT molecular complexity index is 422. The summed E-state index contributed by atoms with van der Waals surface area (Å²) in [7, 11) is 0. The molecule has 0 radical (unpaired) electrons. The van der Waals surface area contributed by atoms with Gasteiger partial charge in [-0.3, -0.25) is 0 Å². The van der Waals surface area contributed by atoms with Gasteiger partial charge in [-0.15, -0.1) is 0 Å². The highest BCUT2D eigenvalue weighted by molar-refractivity contribution is 5.84. The van der Waals surface area contributed by atoms with Crippen LogP contribution in [0.4, 0.5) is 4.79 Å². The number of urea groups is 1. The van der Waals surface area contributed by atoms with Gasteiger partial charge in [0.1, 0.15) is 6.04 Å². The summed E-state index contributed by atoms with van der Waals surface area (Å²) in [5.74, 6) is -0.441. The molecule has 2 aliphatic heterocycles. The average molecular weight is 296 g/mol. The monoisotopic (exact) mass is 296 g/mol. The highest BCUT2D eigenvalue weighted by Gasteiger charge is 2.44. The molecule has 2 amide bonds. The van der Waals surface area contributed by atoms with E-state index in [1.54, 1.807) is 0 Å². The number of aliphatic hydroxyl groups is 1. The summed E-state index contributed by atoms with van der Waals surface area (Å²) in [5, 5.41) is 19.0. The van der Waals surface area contributed by atoms with Crippen molar-refractivity contribution in [2.75, 3.05) is 13.1 Å². The molecular weight excluding hydrogens is 272 g/mol. The number of hydrogen-bond donors (Lipinski definition) is 2. The maximum Gasteiger partial charge on any atom is 0.326 e. The second kappa shape index (κ2) is 5.83. The Balaban J connectivity index is 1.72. The quantitative estimate of drug-likeness (QED) is 0.804. The number of β-amino-alcohol motifs (C(OH)–C–C–N with tert-alkyl or cyclic N) is 1. The number of likely N-dealkylation sites (tertiary alicyclic amines) is 2. The smallest absolute Gasteiger partial charge is 0.326 e. The van der Waals surface area contributed by atoms with Crippen LogP contribution >= 0.6 is 0 Å². The van der Waals surface area contributed by atoms with E-state index in [9.17, 15) is 19.8 Å². The van der Waals surface area contributed by atoms with Gasteiger partial charge in [-0.25, -0.2) is 9.59 Å². The minimum atomic E-state index is -1.02. The normalized spacial score (nSPS) is 33.9. The second-order valence-electron chi connectivity index (χ2n) is 6.63. The van der Waals surface area contributed by atoms with Crippen LogP contribution in [-0.4, -0.2) is 63.3 Å². The number of carbonyl (C=O) groups excluding carboxylic acids is 1. The summed E-state index contributed by atoms with van der Waals surface area (Å²) < 4.78 is 0. The third kappa shape index (κ3) is 2.73. The zero-order valence-electron chi connectivity index (χ0n) is 12.3. The van der Waals surface area contributed by atoms with Gasteiger partial charge in [-0.1, -0.05) is 12.8 Å². The summed E-state index contributed by atoms with van der Waals surface area (Å²) in [6.45, 7) is 0.864. The van der Waals surface area contributed by atoms with Gasteiger partial charge in [-0.05, 0) is 31.6 Å². The van der Waals surface area contributed by atoms with Gasteiger partial charge in [-0.2, -0.15) is 0 Å². The Kier molecular flexibility index (Phi) is 4.06. The zero-order valence-corrected chi connectivity index (χ0v) is 12.3. The predicted molar refractivity (Wildman–Crippen MR) is 75.8 cm³/mol. The number of aliphatic hydroxyl groups excluding tert-OH is 1. The SMILES string of the molecule is O=C(O)[C@@H]1C[C@H](O)CN1C(=O)N1CCCC1C1CCCC1. The average Bonchev–Trinajstić information content (AvgIpc) is 3.17. The summed E-state index contributed by atoms with van der Waals surface area (Å²) in [6.07, 6.45) is 6.29. The van der Waals surface area contributed by atoms with Crippen molar-refractivity contribution in [1.82, 2.24) is 9.80 Å². The third-order valence-electron chi connectivity index (χ3n) is 5.30. The van der Waals surface area contributed by atoms with Crippen molar-refractivity contribution in [2.24, 2.45) is 5.92 Å². The fourth-order valence-electron chi connectivity index (χ4n) is 4.29.